The number of fused-ring (bicyclic) bond motifs is 2. The van der Waals surface area contributed by atoms with Crippen molar-refractivity contribution in [1.29, 1.82) is 0 Å². The minimum absolute atomic E-state index is 0.223. The van der Waals surface area contributed by atoms with E-state index in [-0.39, 0.29) is 11.7 Å². The first-order valence-electron chi connectivity index (χ1n) is 5.66. The van der Waals surface area contributed by atoms with E-state index in [1.54, 1.807) is 0 Å². The van der Waals surface area contributed by atoms with E-state index < -0.39 is 0 Å². The number of alkyl halides is 1. The Morgan fingerprint density at radius 1 is 1.40 bits per heavy atom. The van der Waals surface area contributed by atoms with Crippen molar-refractivity contribution in [2.45, 2.75) is 25.0 Å². The van der Waals surface area contributed by atoms with Crippen LogP contribution in [0.5, 0.6) is 0 Å². The first kappa shape index (κ1) is 10.2. The molecular weight excluding hydrogens is 260 g/mol. The Morgan fingerprint density at radius 2 is 2.13 bits per heavy atom. The number of hydrogen-bond acceptors (Lipinski definition) is 3. The van der Waals surface area contributed by atoms with Gasteiger partial charge in [-0.1, -0.05) is 15.9 Å². The fourth-order valence-corrected chi connectivity index (χ4v) is 4.10. The Balaban J connectivity index is 1.85. The number of rotatable bonds is 2. The summed E-state index contributed by atoms with van der Waals surface area (Å²) >= 11 is 3.45. The van der Waals surface area contributed by atoms with Gasteiger partial charge in [-0.3, -0.25) is 4.79 Å². The highest BCUT2D eigenvalue weighted by molar-refractivity contribution is 9.09. The van der Waals surface area contributed by atoms with Gasteiger partial charge in [-0.05, 0) is 12.8 Å². The van der Waals surface area contributed by atoms with E-state index in [0.29, 0.717) is 30.8 Å². The number of carbonyl (C=O) groups is 1. The maximum Gasteiger partial charge on any atom is 0.175 e. The van der Waals surface area contributed by atoms with Gasteiger partial charge in [-0.25, -0.2) is 0 Å². The van der Waals surface area contributed by atoms with Gasteiger partial charge in [0.1, 0.15) is 5.78 Å². The fourth-order valence-electron chi connectivity index (χ4n) is 3.60. The molecule has 4 heteroatoms. The lowest BCUT2D eigenvalue weighted by Gasteiger charge is -2.54. The van der Waals surface area contributed by atoms with Crippen LogP contribution in [0, 0.1) is 17.8 Å². The Morgan fingerprint density at radius 3 is 2.80 bits per heavy atom. The van der Waals surface area contributed by atoms with Gasteiger partial charge in [0.15, 0.2) is 5.79 Å². The second-order valence-corrected chi connectivity index (χ2v) is 5.43. The minimum Gasteiger partial charge on any atom is -0.347 e. The zero-order chi connectivity index (χ0) is 10.5. The van der Waals surface area contributed by atoms with E-state index in [2.05, 4.69) is 15.9 Å². The van der Waals surface area contributed by atoms with E-state index in [1.165, 1.54) is 0 Å². The van der Waals surface area contributed by atoms with E-state index >= 15 is 0 Å². The van der Waals surface area contributed by atoms with Crippen molar-refractivity contribution in [2.75, 3.05) is 18.5 Å². The SMILES string of the molecule is O=C1CCC2[C@H]1[C@H](CCBr)C21OCCO1. The lowest BCUT2D eigenvalue weighted by Crippen LogP contribution is -2.62. The molecule has 3 atom stereocenters. The molecule has 0 radical (unpaired) electrons. The van der Waals surface area contributed by atoms with Crippen molar-refractivity contribution in [3.05, 3.63) is 0 Å². The maximum atomic E-state index is 11.7. The molecule has 1 unspecified atom stereocenters. The average Bonchev–Trinajstić information content (AvgIpc) is 2.80. The molecule has 0 aromatic rings. The highest BCUT2D eigenvalue weighted by Crippen LogP contribution is 2.61. The summed E-state index contributed by atoms with van der Waals surface area (Å²) in [5, 5.41) is 0.919. The summed E-state index contributed by atoms with van der Waals surface area (Å²) in [7, 11) is 0. The number of ether oxygens (including phenoxy) is 2. The largest absolute Gasteiger partial charge is 0.347 e. The number of ketones is 1. The zero-order valence-corrected chi connectivity index (χ0v) is 10.2. The molecule has 0 N–H and O–H groups in total. The van der Waals surface area contributed by atoms with Crippen LogP contribution < -0.4 is 0 Å². The van der Waals surface area contributed by atoms with Crippen LogP contribution in [0.4, 0.5) is 0 Å². The van der Waals surface area contributed by atoms with Crippen molar-refractivity contribution >= 4 is 21.7 Å². The van der Waals surface area contributed by atoms with Crippen LogP contribution in [0.3, 0.4) is 0 Å². The van der Waals surface area contributed by atoms with Crippen LogP contribution in [-0.2, 0) is 14.3 Å². The molecule has 3 aliphatic rings. The van der Waals surface area contributed by atoms with Crippen molar-refractivity contribution in [3.8, 4) is 0 Å². The molecule has 84 valence electrons. The number of Topliss-reactive ketones (excluding diaryl/α,β-unsaturated/α-hetero) is 1. The predicted octanol–water partition coefficient (Wildman–Crippen LogP) is 1.74. The van der Waals surface area contributed by atoms with E-state index in [1.807, 2.05) is 0 Å². The third-order valence-electron chi connectivity index (χ3n) is 4.13. The summed E-state index contributed by atoms with van der Waals surface area (Å²) in [5.41, 5.74) is 0. The first-order chi connectivity index (χ1) is 7.29. The van der Waals surface area contributed by atoms with E-state index in [9.17, 15) is 4.79 Å². The van der Waals surface area contributed by atoms with E-state index in [0.717, 1.165) is 24.6 Å². The number of halogens is 1. The Hall–Kier alpha value is 0.0700. The van der Waals surface area contributed by atoms with Gasteiger partial charge >= 0.3 is 0 Å². The van der Waals surface area contributed by atoms with E-state index in [4.69, 9.17) is 9.47 Å². The molecule has 0 bridgehead atoms. The molecule has 1 spiro atoms. The second kappa shape index (κ2) is 3.54. The first-order valence-corrected chi connectivity index (χ1v) is 6.78. The van der Waals surface area contributed by atoms with Crippen LogP contribution in [0.2, 0.25) is 0 Å². The average molecular weight is 275 g/mol. The highest BCUT2D eigenvalue weighted by Gasteiger charge is 2.69. The molecule has 3 rings (SSSR count). The molecule has 3 fully saturated rings. The van der Waals surface area contributed by atoms with Crippen molar-refractivity contribution in [2.24, 2.45) is 17.8 Å². The van der Waals surface area contributed by atoms with Gasteiger partial charge in [0, 0.05) is 29.5 Å². The molecule has 1 aliphatic heterocycles. The Kier molecular flexibility index (Phi) is 2.41. The van der Waals surface area contributed by atoms with Gasteiger partial charge in [-0.2, -0.15) is 0 Å². The smallest absolute Gasteiger partial charge is 0.175 e. The molecule has 2 aliphatic carbocycles. The quantitative estimate of drug-likeness (QED) is 0.720. The molecule has 1 saturated heterocycles. The third-order valence-corrected chi connectivity index (χ3v) is 4.59. The standard InChI is InChI=1S/C11H15BrO3/c12-4-3-8-10-7(1-2-9(10)13)11(8)14-5-6-15-11/h7-8,10H,1-6H2/t7?,8-,10-/m0/s1. The molecular formula is C11H15BrO3. The highest BCUT2D eigenvalue weighted by atomic mass is 79.9. The monoisotopic (exact) mass is 274 g/mol. The molecule has 0 aromatic heterocycles. The Labute approximate surface area is 97.6 Å². The van der Waals surface area contributed by atoms with Crippen molar-refractivity contribution < 1.29 is 14.3 Å². The molecule has 0 aromatic carbocycles. The lowest BCUT2D eigenvalue weighted by atomic mass is 9.59. The molecule has 1 heterocycles. The van der Waals surface area contributed by atoms with Crippen LogP contribution in [0.25, 0.3) is 0 Å². The lowest BCUT2D eigenvalue weighted by molar-refractivity contribution is -0.306. The zero-order valence-electron chi connectivity index (χ0n) is 8.58. The van der Waals surface area contributed by atoms with Crippen LogP contribution in [0.1, 0.15) is 19.3 Å². The van der Waals surface area contributed by atoms with Crippen molar-refractivity contribution in [3.63, 3.8) is 0 Å². The molecule has 0 amide bonds. The number of hydrogen-bond donors (Lipinski definition) is 0. The summed E-state index contributed by atoms with van der Waals surface area (Å²) < 4.78 is 11.6. The Bertz CT molecular complexity index is 286. The van der Waals surface area contributed by atoms with Crippen molar-refractivity contribution in [1.82, 2.24) is 0 Å². The minimum atomic E-state index is -0.384. The van der Waals surface area contributed by atoms with Gasteiger partial charge in [-0.15, -0.1) is 0 Å². The fraction of sp³-hybridized carbons (Fsp3) is 0.909. The van der Waals surface area contributed by atoms with Gasteiger partial charge in [0.25, 0.3) is 0 Å². The summed E-state index contributed by atoms with van der Waals surface area (Å²) in [6.07, 6.45) is 2.66. The topological polar surface area (TPSA) is 35.5 Å². The summed E-state index contributed by atoms with van der Waals surface area (Å²) in [6.45, 7) is 1.38. The third kappa shape index (κ3) is 1.22. The van der Waals surface area contributed by atoms with Crippen LogP contribution in [0.15, 0.2) is 0 Å². The second-order valence-electron chi connectivity index (χ2n) is 4.64. The van der Waals surface area contributed by atoms with Gasteiger partial charge in [0.2, 0.25) is 0 Å². The normalized spacial score (nSPS) is 41.9. The van der Waals surface area contributed by atoms with Gasteiger partial charge < -0.3 is 9.47 Å². The van der Waals surface area contributed by atoms with Gasteiger partial charge in [0.05, 0.1) is 13.2 Å². The molecule has 15 heavy (non-hydrogen) atoms. The van der Waals surface area contributed by atoms with Crippen LogP contribution >= 0.6 is 15.9 Å². The summed E-state index contributed by atoms with van der Waals surface area (Å²) in [4.78, 5) is 11.7. The summed E-state index contributed by atoms with van der Waals surface area (Å²) in [6, 6.07) is 0. The summed E-state index contributed by atoms with van der Waals surface area (Å²) in [5.74, 6) is 0.900. The van der Waals surface area contributed by atoms with Crippen LogP contribution in [-0.4, -0.2) is 30.1 Å². The number of carbonyl (C=O) groups excluding carboxylic acids is 1. The molecule has 3 nitrogen and oxygen atoms in total. The predicted molar refractivity (Wildman–Crippen MR) is 57.8 cm³/mol. The maximum absolute atomic E-state index is 11.7. The molecule has 2 saturated carbocycles.